The van der Waals surface area contributed by atoms with Crippen LogP contribution in [-0.4, -0.2) is 34.0 Å². The summed E-state index contributed by atoms with van der Waals surface area (Å²) in [5.41, 5.74) is 3.23. The Morgan fingerprint density at radius 2 is 1.78 bits per heavy atom. The first-order valence-corrected chi connectivity index (χ1v) is 10.5. The number of fused-ring (bicyclic) bond motifs is 2. The second-order valence-corrected chi connectivity index (χ2v) is 9.67. The smallest absolute Gasteiger partial charge is 0.225 e. The van der Waals surface area contributed by atoms with E-state index >= 15 is 0 Å². The summed E-state index contributed by atoms with van der Waals surface area (Å²) in [7, 11) is 0. The van der Waals surface area contributed by atoms with Crippen LogP contribution in [0.15, 0.2) is 18.2 Å². The highest BCUT2D eigenvalue weighted by atomic mass is 32.1. The average Bonchev–Trinajstić information content (AvgIpc) is 2.55. The zero-order valence-electron chi connectivity index (χ0n) is 17.3. The number of nitrogens with one attached hydrogen (secondary N) is 2. The summed E-state index contributed by atoms with van der Waals surface area (Å²) in [6.07, 6.45) is 5.50. The van der Waals surface area contributed by atoms with Crippen LogP contribution in [0, 0.1) is 19.3 Å². The third-order valence-electron chi connectivity index (χ3n) is 5.85. The summed E-state index contributed by atoms with van der Waals surface area (Å²) < 4.78 is 0. The summed E-state index contributed by atoms with van der Waals surface area (Å²) in [5, 5.41) is 7.60. The molecular weight excluding hydrogens is 354 g/mol. The monoisotopic (exact) mass is 387 g/mol. The number of piperidine rings is 2. The van der Waals surface area contributed by atoms with Crippen molar-refractivity contribution in [2.75, 3.05) is 5.32 Å². The van der Waals surface area contributed by atoms with Gasteiger partial charge in [0.1, 0.15) is 0 Å². The van der Waals surface area contributed by atoms with Crippen LogP contribution in [0.1, 0.15) is 64.0 Å². The average molecular weight is 388 g/mol. The van der Waals surface area contributed by atoms with Crippen LogP contribution in [0.25, 0.3) is 0 Å². The third-order valence-corrected chi connectivity index (χ3v) is 6.16. The van der Waals surface area contributed by atoms with E-state index in [0.717, 1.165) is 36.5 Å². The van der Waals surface area contributed by atoms with Crippen molar-refractivity contribution in [3.63, 3.8) is 0 Å². The lowest BCUT2D eigenvalue weighted by molar-refractivity contribution is -0.129. The molecule has 0 saturated carbocycles. The van der Waals surface area contributed by atoms with Gasteiger partial charge in [0.05, 0.1) is 0 Å². The molecular formula is C22H33N3OS. The van der Waals surface area contributed by atoms with Crippen molar-refractivity contribution in [3.8, 4) is 0 Å². The summed E-state index contributed by atoms with van der Waals surface area (Å²) in [5.74, 6) is 0.148. The van der Waals surface area contributed by atoms with Gasteiger partial charge in [-0.2, -0.15) is 0 Å². The van der Waals surface area contributed by atoms with E-state index in [2.05, 4.69) is 47.6 Å². The van der Waals surface area contributed by atoms with Crippen molar-refractivity contribution in [2.24, 2.45) is 5.41 Å². The van der Waals surface area contributed by atoms with E-state index in [4.69, 9.17) is 12.2 Å². The van der Waals surface area contributed by atoms with Gasteiger partial charge in [-0.3, -0.25) is 4.79 Å². The molecule has 27 heavy (non-hydrogen) atoms. The fourth-order valence-corrected chi connectivity index (χ4v) is 4.77. The number of amides is 1. The molecule has 2 N–H and O–H groups in total. The second-order valence-electron chi connectivity index (χ2n) is 9.29. The molecule has 2 aliphatic rings. The molecule has 0 aromatic heterocycles. The molecule has 148 valence electrons. The number of carbonyl (C=O) groups excluding carboxylic acids is 1. The van der Waals surface area contributed by atoms with E-state index in [1.54, 1.807) is 0 Å². The molecule has 2 aliphatic heterocycles. The molecule has 1 aromatic rings. The highest BCUT2D eigenvalue weighted by molar-refractivity contribution is 7.80. The van der Waals surface area contributed by atoms with Gasteiger partial charge in [0.25, 0.3) is 0 Å². The molecule has 2 fully saturated rings. The maximum atomic E-state index is 12.4. The van der Waals surface area contributed by atoms with Gasteiger partial charge in [-0.1, -0.05) is 38.5 Å². The van der Waals surface area contributed by atoms with Crippen LogP contribution >= 0.6 is 12.2 Å². The minimum Gasteiger partial charge on any atom is -0.353 e. The number of anilines is 1. The summed E-state index contributed by atoms with van der Waals surface area (Å²) >= 11 is 5.82. The van der Waals surface area contributed by atoms with E-state index in [-0.39, 0.29) is 17.4 Å². The molecule has 3 atom stereocenters. The standard InChI is InChI=1S/C22H33N3OS/c1-14-9-10-19(15(2)11-14)24-21(27)25-17-7-6-8-18(25)13-16(12-17)23-20(26)22(3,4)5/h9-11,16-18H,6-8,12-13H2,1-5H3,(H,23,26)(H,24,27)/t16?,17-,18+. The lowest BCUT2D eigenvalue weighted by atomic mass is 9.81. The predicted octanol–water partition coefficient (Wildman–Crippen LogP) is 4.55. The largest absolute Gasteiger partial charge is 0.353 e. The van der Waals surface area contributed by atoms with Gasteiger partial charge in [-0.05, 0) is 69.8 Å². The minimum atomic E-state index is -0.341. The normalized spacial score (nSPS) is 25.1. The van der Waals surface area contributed by atoms with E-state index in [1.807, 2.05) is 20.8 Å². The second kappa shape index (κ2) is 7.78. The highest BCUT2D eigenvalue weighted by Gasteiger charge is 2.40. The first-order valence-electron chi connectivity index (χ1n) is 10.1. The zero-order valence-corrected chi connectivity index (χ0v) is 18.1. The van der Waals surface area contributed by atoms with Crippen LogP contribution in [0.4, 0.5) is 5.69 Å². The Hall–Kier alpha value is -1.62. The van der Waals surface area contributed by atoms with Crippen LogP contribution in [-0.2, 0) is 4.79 Å². The van der Waals surface area contributed by atoms with Gasteiger partial charge in [-0.25, -0.2) is 0 Å². The van der Waals surface area contributed by atoms with E-state index in [1.165, 1.54) is 17.5 Å². The minimum absolute atomic E-state index is 0.148. The Kier molecular flexibility index (Phi) is 5.80. The summed E-state index contributed by atoms with van der Waals surface area (Å²) in [6.45, 7) is 10.1. The van der Waals surface area contributed by atoms with Crippen molar-refractivity contribution in [1.29, 1.82) is 0 Å². The van der Waals surface area contributed by atoms with Gasteiger partial charge in [0, 0.05) is 29.2 Å². The maximum Gasteiger partial charge on any atom is 0.225 e. The fraction of sp³-hybridized carbons (Fsp3) is 0.636. The fourth-order valence-electron chi connectivity index (χ4n) is 4.37. The Bertz CT molecular complexity index is 711. The quantitative estimate of drug-likeness (QED) is 0.731. The predicted molar refractivity (Wildman–Crippen MR) is 116 cm³/mol. The van der Waals surface area contributed by atoms with Gasteiger partial charge < -0.3 is 15.5 Å². The molecule has 3 rings (SSSR count). The zero-order chi connectivity index (χ0) is 19.8. The molecule has 1 unspecified atom stereocenters. The van der Waals surface area contributed by atoms with Crippen molar-refractivity contribution in [1.82, 2.24) is 10.2 Å². The molecule has 0 spiro atoms. The van der Waals surface area contributed by atoms with Crippen molar-refractivity contribution < 1.29 is 4.79 Å². The molecule has 5 heteroatoms. The Balaban J connectivity index is 1.68. The van der Waals surface area contributed by atoms with Gasteiger partial charge in [0.2, 0.25) is 5.91 Å². The first-order chi connectivity index (χ1) is 12.6. The number of nitrogens with zero attached hydrogens (tertiary/aromatic N) is 1. The number of benzene rings is 1. The van der Waals surface area contributed by atoms with Crippen LogP contribution in [0.2, 0.25) is 0 Å². The lowest BCUT2D eigenvalue weighted by Gasteiger charge is -2.50. The molecule has 2 bridgehead atoms. The van der Waals surface area contributed by atoms with Crippen molar-refractivity contribution in [3.05, 3.63) is 29.3 Å². The first kappa shape index (κ1) is 20.1. The molecule has 0 radical (unpaired) electrons. The molecule has 1 aromatic carbocycles. The van der Waals surface area contributed by atoms with Crippen LogP contribution in [0.5, 0.6) is 0 Å². The lowest BCUT2D eigenvalue weighted by Crippen LogP contribution is -2.60. The topological polar surface area (TPSA) is 44.4 Å². The number of hydrogen-bond donors (Lipinski definition) is 2. The van der Waals surface area contributed by atoms with Crippen molar-refractivity contribution in [2.45, 2.75) is 84.8 Å². The molecule has 2 saturated heterocycles. The highest BCUT2D eigenvalue weighted by Crippen LogP contribution is 2.35. The van der Waals surface area contributed by atoms with Gasteiger partial charge in [0.15, 0.2) is 5.11 Å². The number of rotatable bonds is 2. The third kappa shape index (κ3) is 4.63. The number of carbonyl (C=O) groups is 1. The Morgan fingerprint density at radius 1 is 1.15 bits per heavy atom. The Labute approximate surface area is 169 Å². The maximum absolute atomic E-state index is 12.4. The van der Waals surface area contributed by atoms with Gasteiger partial charge >= 0.3 is 0 Å². The van der Waals surface area contributed by atoms with E-state index < -0.39 is 0 Å². The van der Waals surface area contributed by atoms with Crippen LogP contribution in [0.3, 0.4) is 0 Å². The molecule has 1 amide bonds. The number of aryl methyl sites for hydroxylation is 2. The SMILES string of the molecule is Cc1ccc(NC(=S)N2[C@@H]3CCC[C@H]2CC(NC(=O)C(C)(C)C)C3)c(C)c1. The molecule has 0 aliphatic carbocycles. The van der Waals surface area contributed by atoms with Crippen molar-refractivity contribution >= 4 is 28.9 Å². The Morgan fingerprint density at radius 3 is 2.33 bits per heavy atom. The van der Waals surface area contributed by atoms with Gasteiger partial charge in [-0.15, -0.1) is 0 Å². The number of thiocarbonyl (C=S) groups is 1. The molecule has 2 heterocycles. The van der Waals surface area contributed by atoms with E-state index in [0.29, 0.717) is 12.1 Å². The summed E-state index contributed by atoms with van der Waals surface area (Å²) in [6, 6.07) is 7.49. The summed E-state index contributed by atoms with van der Waals surface area (Å²) in [4.78, 5) is 14.8. The number of hydrogen-bond acceptors (Lipinski definition) is 2. The van der Waals surface area contributed by atoms with Crippen LogP contribution < -0.4 is 10.6 Å². The van der Waals surface area contributed by atoms with E-state index in [9.17, 15) is 4.79 Å². The molecule has 4 nitrogen and oxygen atoms in total.